The number of aliphatic carboxylic acids is 1. The number of amides is 1. The minimum Gasteiger partial charge on any atom is -0.481 e. The number of hydrogen-bond donors (Lipinski definition) is 2. The number of carboxylic acid groups (broad SMARTS) is 1. The van der Waals surface area contributed by atoms with E-state index >= 15 is 0 Å². The van der Waals surface area contributed by atoms with Gasteiger partial charge in [-0.15, -0.1) is 0 Å². The van der Waals surface area contributed by atoms with Gasteiger partial charge in [-0.1, -0.05) is 25.5 Å². The quantitative estimate of drug-likeness (QED) is 0.762. The summed E-state index contributed by atoms with van der Waals surface area (Å²) in [6.07, 6.45) is 3.31. The molecule has 0 saturated carbocycles. The van der Waals surface area contributed by atoms with E-state index in [0.717, 1.165) is 19.3 Å². The lowest BCUT2D eigenvalue weighted by Gasteiger charge is -2.09. The van der Waals surface area contributed by atoms with E-state index < -0.39 is 17.8 Å². The second kappa shape index (κ2) is 6.79. The molecule has 2 N–H and O–H groups in total. The van der Waals surface area contributed by atoms with Crippen molar-refractivity contribution in [3.8, 4) is 0 Å². The number of carbonyl (C=O) groups excluding carboxylic acids is 1. The first-order valence-electron chi connectivity index (χ1n) is 6.17. The second-order valence-corrected chi connectivity index (χ2v) is 4.35. The van der Waals surface area contributed by atoms with Crippen LogP contribution in [0.15, 0.2) is 24.3 Å². The van der Waals surface area contributed by atoms with Crippen molar-refractivity contribution in [1.82, 2.24) is 0 Å². The lowest BCUT2D eigenvalue weighted by Crippen LogP contribution is -2.26. The molecule has 1 unspecified atom stereocenters. The van der Waals surface area contributed by atoms with Crippen molar-refractivity contribution in [2.75, 3.05) is 5.32 Å². The number of carbonyl (C=O) groups is 2. The van der Waals surface area contributed by atoms with Crippen LogP contribution in [-0.2, 0) is 16.0 Å². The van der Waals surface area contributed by atoms with Crippen LogP contribution in [0, 0.1) is 5.92 Å². The highest BCUT2D eigenvalue weighted by Crippen LogP contribution is 2.13. The van der Waals surface area contributed by atoms with Crippen LogP contribution in [0.25, 0.3) is 0 Å². The molecule has 0 aliphatic rings. The summed E-state index contributed by atoms with van der Waals surface area (Å²) in [4.78, 5) is 22.2. The Kier molecular flexibility index (Phi) is 5.36. The maximum Gasteiger partial charge on any atom is 0.315 e. The predicted octanol–water partition coefficient (Wildman–Crippen LogP) is 2.69. The molecule has 0 saturated heterocycles. The Morgan fingerprint density at radius 3 is 2.39 bits per heavy atom. The molecule has 4 heteroatoms. The van der Waals surface area contributed by atoms with Gasteiger partial charge in [0.25, 0.3) is 0 Å². The van der Waals surface area contributed by atoms with Gasteiger partial charge in [0.15, 0.2) is 0 Å². The van der Waals surface area contributed by atoms with Crippen LogP contribution in [0.3, 0.4) is 0 Å². The Hall–Kier alpha value is -1.84. The van der Waals surface area contributed by atoms with Gasteiger partial charge in [-0.3, -0.25) is 9.59 Å². The number of carboxylic acids is 1. The molecule has 0 bridgehead atoms. The largest absolute Gasteiger partial charge is 0.481 e. The molecule has 0 aliphatic carbocycles. The van der Waals surface area contributed by atoms with Crippen molar-refractivity contribution in [1.29, 1.82) is 0 Å². The lowest BCUT2D eigenvalue weighted by molar-refractivity contribution is -0.144. The number of rotatable bonds is 6. The molecule has 98 valence electrons. The zero-order chi connectivity index (χ0) is 13.5. The second-order valence-electron chi connectivity index (χ2n) is 4.35. The van der Waals surface area contributed by atoms with Gasteiger partial charge in [-0.2, -0.15) is 0 Å². The maximum absolute atomic E-state index is 11.5. The monoisotopic (exact) mass is 249 g/mol. The molecular weight excluding hydrogens is 230 g/mol. The number of nitrogens with one attached hydrogen (secondary N) is 1. The summed E-state index contributed by atoms with van der Waals surface area (Å²) < 4.78 is 0. The van der Waals surface area contributed by atoms with Crippen LogP contribution >= 0.6 is 0 Å². The van der Waals surface area contributed by atoms with Crippen molar-refractivity contribution in [3.05, 3.63) is 29.8 Å². The van der Waals surface area contributed by atoms with Crippen molar-refractivity contribution in [2.45, 2.75) is 33.1 Å². The minimum absolute atomic E-state index is 0.496. The highest BCUT2D eigenvalue weighted by Gasteiger charge is 2.20. The van der Waals surface area contributed by atoms with E-state index in [1.165, 1.54) is 12.5 Å². The van der Waals surface area contributed by atoms with Crippen molar-refractivity contribution >= 4 is 17.6 Å². The summed E-state index contributed by atoms with van der Waals surface area (Å²) in [6, 6.07) is 7.52. The third kappa shape index (κ3) is 4.20. The standard InChI is InChI=1S/C14H19NO3/c1-3-4-5-11-6-8-12(9-7-11)15-13(16)10(2)14(17)18/h6-10H,3-5H2,1-2H3,(H,15,16)(H,17,18). The molecule has 1 atom stereocenters. The number of benzene rings is 1. The first kappa shape index (κ1) is 14.2. The number of aryl methyl sites for hydroxylation is 1. The molecule has 18 heavy (non-hydrogen) atoms. The summed E-state index contributed by atoms with van der Waals surface area (Å²) >= 11 is 0. The molecule has 0 heterocycles. The molecule has 1 aromatic rings. The van der Waals surface area contributed by atoms with E-state index in [1.54, 1.807) is 12.1 Å². The average Bonchev–Trinajstić information content (AvgIpc) is 2.36. The van der Waals surface area contributed by atoms with Crippen LogP contribution < -0.4 is 5.32 Å². The Labute approximate surface area is 107 Å². The van der Waals surface area contributed by atoms with Gasteiger partial charge < -0.3 is 10.4 Å². The van der Waals surface area contributed by atoms with Gasteiger partial charge in [0.05, 0.1) is 0 Å². The molecule has 1 aromatic carbocycles. The third-order valence-corrected chi connectivity index (χ3v) is 2.80. The Morgan fingerprint density at radius 1 is 1.28 bits per heavy atom. The van der Waals surface area contributed by atoms with Gasteiger partial charge in [0, 0.05) is 5.69 Å². The topological polar surface area (TPSA) is 66.4 Å². The summed E-state index contributed by atoms with van der Waals surface area (Å²) in [5.74, 6) is -2.65. The van der Waals surface area contributed by atoms with Gasteiger partial charge in [-0.05, 0) is 37.5 Å². The molecule has 0 radical (unpaired) electrons. The van der Waals surface area contributed by atoms with E-state index in [-0.39, 0.29) is 0 Å². The number of anilines is 1. The molecule has 0 aliphatic heterocycles. The Bertz CT molecular complexity index is 412. The molecule has 1 amide bonds. The van der Waals surface area contributed by atoms with Crippen molar-refractivity contribution < 1.29 is 14.7 Å². The Balaban J connectivity index is 2.58. The molecule has 0 aromatic heterocycles. The predicted molar refractivity (Wildman–Crippen MR) is 70.5 cm³/mol. The smallest absolute Gasteiger partial charge is 0.315 e. The highest BCUT2D eigenvalue weighted by molar-refractivity contribution is 6.03. The fourth-order valence-corrected chi connectivity index (χ4v) is 1.50. The van der Waals surface area contributed by atoms with Crippen molar-refractivity contribution in [3.63, 3.8) is 0 Å². The molecule has 0 fully saturated rings. The Morgan fingerprint density at radius 2 is 1.89 bits per heavy atom. The molecule has 4 nitrogen and oxygen atoms in total. The van der Waals surface area contributed by atoms with Crippen LogP contribution in [0.4, 0.5) is 5.69 Å². The van der Waals surface area contributed by atoms with Crippen LogP contribution in [0.2, 0.25) is 0 Å². The highest BCUT2D eigenvalue weighted by atomic mass is 16.4. The van der Waals surface area contributed by atoms with Gasteiger partial charge in [0.2, 0.25) is 5.91 Å². The molecular formula is C14H19NO3. The van der Waals surface area contributed by atoms with Gasteiger partial charge >= 0.3 is 5.97 Å². The van der Waals surface area contributed by atoms with Crippen LogP contribution in [0.1, 0.15) is 32.3 Å². The maximum atomic E-state index is 11.5. The third-order valence-electron chi connectivity index (χ3n) is 2.80. The van der Waals surface area contributed by atoms with Gasteiger partial charge in [-0.25, -0.2) is 0 Å². The zero-order valence-electron chi connectivity index (χ0n) is 10.8. The minimum atomic E-state index is -1.12. The van der Waals surface area contributed by atoms with E-state index in [4.69, 9.17) is 5.11 Å². The lowest BCUT2D eigenvalue weighted by atomic mass is 10.1. The first-order chi connectivity index (χ1) is 8.54. The summed E-state index contributed by atoms with van der Waals surface area (Å²) in [5, 5.41) is 11.3. The van der Waals surface area contributed by atoms with E-state index in [9.17, 15) is 9.59 Å². The summed E-state index contributed by atoms with van der Waals surface area (Å²) in [7, 11) is 0. The molecule has 1 rings (SSSR count). The normalized spacial score (nSPS) is 11.9. The van der Waals surface area contributed by atoms with E-state index in [0.29, 0.717) is 5.69 Å². The van der Waals surface area contributed by atoms with Crippen molar-refractivity contribution in [2.24, 2.45) is 5.92 Å². The summed E-state index contributed by atoms with van der Waals surface area (Å²) in [6.45, 7) is 3.51. The van der Waals surface area contributed by atoms with Crippen LogP contribution in [0.5, 0.6) is 0 Å². The van der Waals surface area contributed by atoms with Crippen LogP contribution in [-0.4, -0.2) is 17.0 Å². The van der Waals surface area contributed by atoms with E-state index in [2.05, 4.69) is 12.2 Å². The molecule has 0 spiro atoms. The first-order valence-corrected chi connectivity index (χ1v) is 6.17. The zero-order valence-corrected chi connectivity index (χ0v) is 10.8. The fraction of sp³-hybridized carbons (Fsp3) is 0.429. The number of hydrogen-bond acceptors (Lipinski definition) is 2. The average molecular weight is 249 g/mol. The van der Waals surface area contributed by atoms with E-state index in [1.807, 2.05) is 12.1 Å². The summed E-state index contributed by atoms with van der Waals surface area (Å²) in [5.41, 5.74) is 1.86. The SMILES string of the molecule is CCCCc1ccc(NC(=O)C(C)C(=O)O)cc1. The number of unbranched alkanes of at least 4 members (excludes halogenated alkanes) is 1. The van der Waals surface area contributed by atoms with Gasteiger partial charge in [0.1, 0.15) is 5.92 Å². The fourth-order valence-electron chi connectivity index (χ4n) is 1.50.